The Bertz CT molecular complexity index is 829. The van der Waals surface area contributed by atoms with Crippen molar-refractivity contribution in [1.29, 1.82) is 0 Å². The molecule has 1 aromatic carbocycles. The van der Waals surface area contributed by atoms with Crippen molar-refractivity contribution in [3.63, 3.8) is 0 Å². The van der Waals surface area contributed by atoms with E-state index in [9.17, 15) is 8.42 Å². The summed E-state index contributed by atoms with van der Waals surface area (Å²) in [5.74, 6) is 0. The van der Waals surface area contributed by atoms with Gasteiger partial charge in [-0.15, -0.1) is 11.3 Å². The number of benzene rings is 1. The van der Waals surface area contributed by atoms with Crippen LogP contribution in [0, 0.1) is 0 Å². The molecule has 2 aromatic rings. The summed E-state index contributed by atoms with van der Waals surface area (Å²) in [5, 5.41) is 1.02. The average Bonchev–Trinajstić information content (AvgIpc) is 2.92. The van der Waals surface area contributed by atoms with Crippen molar-refractivity contribution in [1.82, 2.24) is 9.71 Å². The summed E-state index contributed by atoms with van der Waals surface area (Å²) in [7, 11) is -3.51. The molecule has 0 atom stereocenters. The van der Waals surface area contributed by atoms with Crippen LogP contribution in [-0.2, 0) is 15.4 Å². The summed E-state index contributed by atoms with van der Waals surface area (Å²) in [6.45, 7) is 6.33. The smallest absolute Gasteiger partial charge is 0.240 e. The van der Waals surface area contributed by atoms with E-state index >= 15 is 0 Å². The molecular weight excluding hydrogens is 342 g/mol. The summed E-state index contributed by atoms with van der Waals surface area (Å²) in [6, 6.07) is 5.36. The number of thiazole rings is 1. The third-order valence-corrected chi connectivity index (χ3v) is 7.37. The predicted octanol–water partition coefficient (Wildman–Crippen LogP) is 3.14. The molecule has 1 aromatic heterocycles. The number of nitrogens with one attached hydrogen (secondary N) is 1. The Morgan fingerprint density at radius 3 is 2.50 bits per heavy atom. The maximum absolute atomic E-state index is 12.7. The minimum atomic E-state index is -3.51. The monoisotopic (exact) mass is 367 g/mol. The third kappa shape index (κ3) is 3.79. The van der Waals surface area contributed by atoms with Gasteiger partial charge in [-0.1, -0.05) is 20.8 Å². The Hall–Kier alpha value is -1.02. The minimum absolute atomic E-state index is 0.0166. The third-order valence-electron chi connectivity index (χ3n) is 4.41. The van der Waals surface area contributed by atoms with E-state index in [1.54, 1.807) is 29.5 Å². The van der Waals surface area contributed by atoms with E-state index in [4.69, 9.17) is 5.73 Å². The van der Waals surface area contributed by atoms with Crippen LogP contribution in [-0.4, -0.2) is 25.5 Å². The van der Waals surface area contributed by atoms with Crippen LogP contribution in [0.1, 0.15) is 51.5 Å². The van der Waals surface area contributed by atoms with Crippen LogP contribution < -0.4 is 10.5 Å². The molecule has 0 spiro atoms. The van der Waals surface area contributed by atoms with Crippen LogP contribution in [0.3, 0.4) is 0 Å². The van der Waals surface area contributed by atoms with Crippen molar-refractivity contribution in [3.05, 3.63) is 23.2 Å². The second-order valence-corrected chi connectivity index (χ2v) is 10.4. The normalized spacial score (nSPS) is 22.8. The van der Waals surface area contributed by atoms with Crippen LogP contribution >= 0.6 is 11.3 Å². The molecule has 0 aliphatic heterocycles. The van der Waals surface area contributed by atoms with E-state index in [0.717, 1.165) is 40.9 Å². The first kappa shape index (κ1) is 17.8. The first-order valence-corrected chi connectivity index (χ1v) is 10.6. The highest BCUT2D eigenvalue weighted by atomic mass is 32.2. The van der Waals surface area contributed by atoms with Gasteiger partial charge in [-0.05, 0) is 43.9 Å². The first-order valence-electron chi connectivity index (χ1n) is 8.34. The molecule has 1 fully saturated rings. The van der Waals surface area contributed by atoms with Gasteiger partial charge in [0.2, 0.25) is 10.0 Å². The lowest BCUT2D eigenvalue weighted by Gasteiger charge is -2.26. The van der Waals surface area contributed by atoms with Gasteiger partial charge in [0.05, 0.1) is 20.1 Å². The summed E-state index contributed by atoms with van der Waals surface area (Å²) in [4.78, 5) is 4.93. The Morgan fingerprint density at radius 1 is 1.21 bits per heavy atom. The SMILES string of the molecule is CC(C)(C)c1nc2ccc(S(=O)(=O)NC3CCC(N)CC3)cc2s1. The van der Waals surface area contributed by atoms with Crippen molar-refractivity contribution in [2.75, 3.05) is 0 Å². The first-order chi connectivity index (χ1) is 11.1. The number of nitrogens with two attached hydrogens (primary N) is 1. The van der Waals surface area contributed by atoms with Crippen LogP contribution in [0.5, 0.6) is 0 Å². The Kier molecular flexibility index (Phi) is 4.72. The lowest BCUT2D eigenvalue weighted by molar-refractivity contribution is 0.373. The van der Waals surface area contributed by atoms with E-state index in [1.807, 2.05) is 0 Å². The van der Waals surface area contributed by atoms with Gasteiger partial charge < -0.3 is 5.73 Å². The van der Waals surface area contributed by atoms with Gasteiger partial charge in [0.15, 0.2) is 0 Å². The van der Waals surface area contributed by atoms with Gasteiger partial charge in [-0.2, -0.15) is 0 Å². The van der Waals surface area contributed by atoms with Crippen LogP contribution in [0.25, 0.3) is 10.2 Å². The average molecular weight is 368 g/mol. The fourth-order valence-corrected chi connectivity index (χ4v) is 5.39. The molecule has 1 aliphatic rings. The van der Waals surface area contributed by atoms with E-state index in [0.29, 0.717) is 4.90 Å². The van der Waals surface area contributed by atoms with Crippen molar-refractivity contribution < 1.29 is 8.42 Å². The van der Waals surface area contributed by atoms with Crippen molar-refractivity contribution in [3.8, 4) is 0 Å². The lowest BCUT2D eigenvalue weighted by Crippen LogP contribution is -2.40. The van der Waals surface area contributed by atoms with E-state index in [1.165, 1.54) is 0 Å². The Balaban J connectivity index is 1.85. The molecule has 1 heterocycles. The summed E-state index contributed by atoms with van der Waals surface area (Å²) in [5.41, 5.74) is 6.70. The van der Waals surface area contributed by atoms with Gasteiger partial charge in [0.25, 0.3) is 0 Å². The van der Waals surface area contributed by atoms with E-state index in [2.05, 4.69) is 30.5 Å². The molecule has 7 heteroatoms. The number of fused-ring (bicyclic) bond motifs is 1. The fourth-order valence-electron chi connectivity index (χ4n) is 2.92. The molecule has 24 heavy (non-hydrogen) atoms. The highest BCUT2D eigenvalue weighted by molar-refractivity contribution is 7.89. The quantitative estimate of drug-likeness (QED) is 0.873. The molecule has 5 nitrogen and oxygen atoms in total. The highest BCUT2D eigenvalue weighted by Crippen LogP contribution is 2.32. The molecule has 0 amide bonds. The number of aromatic nitrogens is 1. The van der Waals surface area contributed by atoms with E-state index in [-0.39, 0.29) is 17.5 Å². The van der Waals surface area contributed by atoms with Crippen LogP contribution in [0.4, 0.5) is 0 Å². The summed E-state index contributed by atoms with van der Waals surface area (Å²) >= 11 is 1.56. The molecule has 3 N–H and O–H groups in total. The molecule has 1 aliphatic carbocycles. The van der Waals surface area contributed by atoms with Crippen molar-refractivity contribution in [2.24, 2.45) is 5.73 Å². The molecular formula is C17H25N3O2S2. The largest absolute Gasteiger partial charge is 0.328 e. The maximum atomic E-state index is 12.7. The molecule has 0 radical (unpaired) electrons. The topological polar surface area (TPSA) is 85.1 Å². The van der Waals surface area contributed by atoms with Crippen LogP contribution in [0.2, 0.25) is 0 Å². The van der Waals surface area contributed by atoms with Crippen molar-refractivity contribution in [2.45, 2.75) is 68.8 Å². The van der Waals surface area contributed by atoms with Crippen LogP contribution in [0.15, 0.2) is 23.1 Å². The number of nitrogens with zero attached hydrogens (tertiary/aromatic N) is 1. The fraction of sp³-hybridized carbons (Fsp3) is 0.588. The number of hydrogen-bond acceptors (Lipinski definition) is 5. The van der Waals surface area contributed by atoms with Gasteiger partial charge in [0, 0.05) is 17.5 Å². The van der Waals surface area contributed by atoms with Gasteiger partial charge >= 0.3 is 0 Å². The standard InChI is InChI=1S/C17H25N3O2S2/c1-17(2,3)16-19-14-9-8-13(10-15(14)23-16)24(21,22)20-12-6-4-11(18)5-7-12/h8-12,20H,4-7,18H2,1-3H3. The van der Waals surface area contributed by atoms with Gasteiger partial charge in [-0.25, -0.2) is 18.1 Å². The molecule has 1 saturated carbocycles. The highest BCUT2D eigenvalue weighted by Gasteiger charge is 2.25. The number of hydrogen-bond donors (Lipinski definition) is 2. The minimum Gasteiger partial charge on any atom is -0.328 e. The van der Waals surface area contributed by atoms with Crippen molar-refractivity contribution >= 4 is 31.6 Å². The van der Waals surface area contributed by atoms with E-state index < -0.39 is 10.0 Å². The molecule has 132 valence electrons. The molecule has 0 bridgehead atoms. The Labute approximate surface area is 147 Å². The number of rotatable bonds is 3. The maximum Gasteiger partial charge on any atom is 0.240 e. The predicted molar refractivity (Wildman–Crippen MR) is 98.9 cm³/mol. The molecule has 3 rings (SSSR count). The van der Waals surface area contributed by atoms with Gasteiger partial charge in [-0.3, -0.25) is 0 Å². The zero-order chi connectivity index (χ0) is 17.5. The second-order valence-electron chi connectivity index (χ2n) is 7.63. The molecule has 0 saturated heterocycles. The summed E-state index contributed by atoms with van der Waals surface area (Å²) in [6.07, 6.45) is 3.35. The lowest BCUT2D eigenvalue weighted by atomic mass is 9.93. The Morgan fingerprint density at radius 2 is 1.88 bits per heavy atom. The van der Waals surface area contributed by atoms with Gasteiger partial charge in [0.1, 0.15) is 0 Å². The number of sulfonamides is 1. The zero-order valence-corrected chi connectivity index (χ0v) is 16.0. The summed E-state index contributed by atoms with van der Waals surface area (Å²) < 4.78 is 29.1. The zero-order valence-electron chi connectivity index (χ0n) is 14.4. The molecule has 0 unspecified atom stereocenters. The second kappa shape index (κ2) is 6.37.